The van der Waals surface area contributed by atoms with Crippen LogP contribution in [0.3, 0.4) is 0 Å². The summed E-state index contributed by atoms with van der Waals surface area (Å²) < 4.78 is 0. The first-order valence-corrected chi connectivity index (χ1v) is 6.55. The van der Waals surface area contributed by atoms with Crippen LogP contribution < -0.4 is 61.8 Å². The Kier molecular flexibility index (Phi) is 7.09. The molecule has 1 heterocycles. The number of fused-ring (bicyclic) bond motifs is 1. The van der Waals surface area contributed by atoms with Gasteiger partial charge < -0.3 is 20.2 Å². The molecule has 1 aromatic carbocycles. The van der Waals surface area contributed by atoms with Gasteiger partial charge in [0.25, 0.3) is 0 Å². The maximum atomic E-state index is 11.6. The molecule has 2 N–H and O–H groups in total. The molecular formula is C15H17KN2O3. The molecule has 0 saturated carbocycles. The largest absolute Gasteiger partial charge is 1.00 e. The fourth-order valence-corrected chi connectivity index (χ4v) is 2.05. The molecule has 6 heteroatoms. The zero-order chi connectivity index (χ0) is 14.7. The van der Waals surface area contributed by atoms with Gasteiger partial charge in [-0.1, -0.05) is 32.0 Å². The van der Waals surface area contributed by atoms with Gasteiger partial charge >= 0.3 is 51.4 Å². The number of amides is 1. The number of H-pyrrole nitrogens is 1. The second kappa shape index (κ2) is 8.10. The molecule has 0 radical (unpaired) electrons. The minimum absolute atomic E-state index is 0. The number of carbonyl (C=O) groups excluding carboxylic acids is 2. The van der Waals surface area contributed by atoms with E-state index in [0.29, 0.717) is 0 Å². The van der Waals surface area contributed by atoms with Crippen LogP contribution in [0.25, 0.3) is 10.9 Å². The number of carboxylic acids is 1. The van der Waals surface area contributed by atoms with Gasteiger partial charge in [-0.15, -0.1) is 0 Å². The Morgan fingerprint density at radius 2 is 1.95 bits per heavy atom. The summed E-state index contributed by atoms with van der Waals surface area (Å²) >= 11 is 0. The van der Waals surface area contributed by atoms with Gasteiger partial charge in [0, 0.05) is 29.4 Å². The molecule has 2 rings (SSSR count). The third-order valence-corrected chi connectivity index (χ3v) is 3.22. The van der Waals surface area contributed by atoms with Crippen LogP contribution in [0.5, 0.6) is 0 Å². The van der Waals surface area contributed by atoms with E-state index in [9.17, 15) is 14.7 Å². The van der Waals surface area contributed by atoms with Crippen LogP contribution >= 0.6 is 0 Å². The average molecular weight is 312 g/mol. The van der Waals surface area contributed by atoms with Crippen molar-refractivity contribution in [3.05, 3.63) is 36.0 Å². The normalized spacial score (nSPS) is 12.0. The molecule has 1 amide bonds. The van der Waals surface area contributed by atoms with Crippen molar-refractivity contribution in [2.45, 2.75) is 26.3 Å². The maximum absolute atomic E-state index is 11.6. The molecule has 106 valence electrons. The van der Waals surface area contributed by atoms with E-state index in [4.69, 9.17) is 0 Å². The quantitative estimate of drug-likeness (QED) is 0.604. The Bertz CT molecular complexity index is 637. The van der Waals surface area contributed by atoms with Gasteiger partial charge in [-0.25, -0.2) is 0 Å². The van der Waals surface area contributed by atoms with Crippen LogP contribution in [-0.4, -0.2) is 22.9 Å². The van der Waals surface area contributed by atoms with Crippen LogP contribution in [0.1, 0.15) is 19.4 Å². The van der Waals surface area contributed by atoms with E-state index in [1.54, 1.807) is 20.0 Å². The molecule has 1 atom stereocenters. The Morgan fingerprint density at radius 1 is 1.29 bits per heavy atom. The van der Waals surface area contributed by atoms with Crippen molar-refractivity contribution in [3.63, 3.8) is 0 Å². The summed E-state index contributed by atoms with van der Waals surface area (Å²) in [7, 11) is 0. The number of aliphatic carboxylic acids is 1. The van der Waals surface area contributed by atoms with Crippen molar-refractivity contribution in [1.29, 1.82) is 0 Å². The fourth-order valence-electron chi connectivity index (χ4n) is 2.05. The third kappa shape index (κ3) is 4.65. The van der Waals surface area contributed by atoms with Gasteiger partial charge in [0.05, 0.1) is 12.0 Å². The monoisotopic (exact) mass is 312 g/mol. The zero-order valence-electron chi connectivity index (χ0n) is 12.5. The van der Waals surface area contributed by atoms with Crippen molar-refractivity contribution in [2.24, 2.45) is 5.92 Å². The number of nitrogens with one attached hydrogen (secondary N) is 2. The van der Waals surface area contributed by atoms with Gasteiger partial charge in [0.15, 0.2) is 0 Å². The summed E-state index contributed by atoms with van der Waals surface area (Å²) in [6.07, 6.45) is 1.97. The Labute approximate surface area is 165 Å². The first kappa shape index (κ1) is 18.4. The van der Waals surface area contributed by atoms with Crippen molar-refractivity contribution in [2.75, 3.05) is 0 Å². The van der Waals surface area contributed by atoms with E-state index < -0.39 is 12.0 Å². The molecule has 0 aliphatic carbocycles. The van der Waals surface area contributed by atoms with E-state index in [0.717, 1.165) is 16.5 Å². The molecule has 0 fully saturated rings. The topological polar surface area (TPSA) is 85.0 Å². The van der Waals surface area contributed by atoms with Crippen LogP contribution in [-0.2, 0) is 16.0 Å². The SMILES string of the molecule is CC(C)C(=O)N[C@@H](Cc1c[nH]c2ccccc12)C(=O)[O-].[K+]. The number of aromatic amines is 1. The molecule has 1 aromatic heterocycles. The summed E-state index contributed by atoms with van der Waals surface area (Å²) in [5.41, 5.74) is 1.79. The number of para-hydroxylation sites is 1. The number of carbonyl (C=O) groups is 2. The number of carboxylic acid groups (broad SMARTS) is 1. The summed E-state index contributed by atoms with van der Waals surface area (Å²) in [6.45, 7) is 3.43. The van der Waals surface area contributed by atoms with Crippen LogP contribution in [0.4, 0.5) is 0 Å². The predicted octanol–water partition coefficient (Wildman–Crippen LogP) is -2.39. The van der Waals surface area contributed by atoms with Gasteiger partial charge in [-0.05, 0) is 11.6 Å². The van der Waals surface area contributed by atoms with E-state index in [1.165, 1.54) is 0 Å². The van der Waals surface area contributed by atoms with Crippen molar-refractivity contribution >= 4 is 22.8 Å². The number of rotatable bonds is 5. The van der Waals surface area contributed by atoms with E-state index >= 15 is 0 Å². The van der Waals surface area contributed by atoms with Crippen molar-refractivity contribution in [1.82, 2.24) is 10.3 Å². The van der Waals surface area contributed by atoms with Gasteiger partial charge in [0.2, 0.25) is 5.91 Å². The Morgan fingerprint density at radius 3 is 2.57 bits per heavy atom. The molecule has 0 aliphatic rings. The molecule has 0 unspecified atom stereocenters. The summed E-state index contributed by atoms with van der Waals surface area (Å²) in [5.74, 6) is -1.83. The van der Waals surface area contributed by atoms with Crippen LogP contribution in [0.15, 0.2) is 30.5 Å². The van der Waals surface area contributed by atoms with E-state index in [1.807, 2.05) is 24.3 Å². The molecule has 0 saturated heterocycles. The van der Waals surface area contributed by atoms with E-state index in [2.05, 4.69) is 10.3 Å². The minimum Gasteiger partial charge on any atom is -0.548 e. The summed E-state index contributed by atoms with van der Waals surface area (Å²) in [4.78, 5) is 25.9. The van der Waals surface area contributed by atoms with Crippen LogP contribution in [0.2, 0.25) is 0 Å². The van der Waals surface area contributed by atoms with Gasteiger partial charge in [-0.3, -0.25) is 4.79 Å². The molecule has 0 aliphatic heterocycles. The molecule has 21 heavy (non-hydrogen) atoms. The maximum Gasteiger partial charge on any atom is 1.00 e. The number of hydrogen-bond donors (Lipinski definition) is 2. The number of hydrogen-bond acceptors (Lipinski definition) is 3. The Balaban J connectivity index is 0.00000220. The minimum atomic E-state index is -1.27. The number of aromatic nitrogens is 1. The second-order valence-electron chi connectivity index (χ2n) is 5.10. The number of benzene rings is 1. The Hall–Kier alpha value is -0.664. The van der Waals surface area contributed by atoms with Gasteiger partial charge in [-0.2, -0.15) is 0 Å². The first-order chi connectivity index (χ1) is 9.49. The standard InChI is InChI=1S/C15H18N2O3.K/c1-9(2)14(18)17-13(15(19)20)7-10-8-16-12-6-4-3-5-11(10)12;/h3-6,8-9,13,16H,7H2,1-2H3,(H,17,18)(H,19,20);/q;+1/p-1/t13-;/m0./s1. The van der Waals surface area contributed by atoms with Crippen molar-refractivity contribution in [3.8, 4) is 0 Å². The molecular weight excluding hydrogens is 295 g/mol. The summed E-state index contributed by atoms with van der Waals surface area (Å²) in [5, 5.41) is 14.6. The molecule has 0 spiro atoms. The fraction of sp³-hybridized carbons (Fsp3) is 0.333. The zero-order valence-corrected chi connectivity index (χ0v) is 15.6. The second-order valence-corrected chi connectivity index (χ2v) is 5.10. The van der Waals surface area contributed by atoms with E-state index in [-0.39, 0.29) is 69.6 Å². The van der Waals surface area contributed by atoms with Crippen LogP contribution in [0, 0.1) is 5.92 Å². The summed E-state index contributed by atoms with van der Waals surface area (Å²) in [6, 6.07) is 6.60. The third-order valence-electron chi connectivity index (χ3n) is 3.22. The molecule has 0 bridgehead atoms. The predicted molar refractivity (Wildman–Crippen MR) is 73.8 cm³/mol. The average Bonchev–Trinajstić information content (AvgIpc) is 2.81. The molecule has 2 aromatic rings. The van der Waals surface area contributed by atoms with Gasteiger partial charge in [0.1, 0.15) is 0 Å². The first-order valence-electron chi connectivity index (χ1n) is 6.55. The molecule has 5 nitrogen and oxygen atoms in total. The smallest absolute Gasteiger partial charge is 0.548 e. The van der Waals surface area contributed by atoms with Crippen molar-refractivity contribution < 1.29 is 66.1 Å².